The molecule has 0 spiro atoms. The summed E-state index contributed by atoms with van der Waals surface area (Å²) in [5.41, 5.74) is 2.19. The molecule has 0 fully saturated rings. The van der Waals surface area contributed by atoms with Crippen LogP contribution < -0.4 is 10.1 Å². The van der Waals surface area contributed by atoms with E-state index in [1.807, 2.05) is 32.0 Å². The Labute approximate surface area is 111 Å². The molecule has 2 aromatic rings. The van der Waals surface area contributed by atoms with E-state index >= 15 is 0 Å². The Bertz CT molecular complexity index is 544. The van der Waals surface area contributed by atoms with Gasteiger partial charge in [-0.1, -0.05) is 11.2 Å². The van der Waals surface area contributed by atoms with Crippen LogP contribution in [0, 0.1) is 13.8 Å². The largest absolute Gasteiger partial charge is 0.481 e. The third-order valence-corrected chi connectivity index (χ3v) is 2.57. The molecule has 1 heterocycles. The number of rotatable bonds is 4. The van der Waals surface area contributed by atoms with Gasteiger partial charge in [-0.05, 0) is 44.0 Å². The van der Waals surface area contributed by atoms with Crippen molar-refractivity contribution in [1.82, 2.24) is 5.16 Å². The van der Waals surface area contributed by atoms with Crippen molar-refractivity contribution < 1.29 is 14.1 Å². The van der Waals surface area contributed by atoms with Gasteiger partial charge < -0.3 is 14.6 Å². The van der Waals surface area contributed by atoms with Gasteiger partial charge in [0.25, 0.3) is 5.91 Å². The van der Waals surface area contributed by atoms with Crippen LogP contribution in [0.5, 0.6) is 5.75 Å². The van der Waals surface area contributed by atoms with E-state index in [0.29, 0.717) is 11.6 Å². The highest BCUT2D eigenvalue weighted by molar-refractivity contribution is 5.93. The monoisotopic (exact) mass is 260 g/mol. The van der Waals surface area contributed by atoms with E-state index in [4.69, 9.17) is 4.74 Å². The van der Waals surface area contributed by atoms with Crippen LogP contribution in [-0.2, 0) is 4.79 Å². The second-order valence-electron chi connectivity index (χ2n) is 4.46. The number of amides is 1. The molecular weight excluding hydrogens is 244 g/mol. The van der Waals surface area contributed by atoms with Crippen molar-refractivity contribution in [3.8, 4) is 5.75 Å². The molecule has 1 N–H and O–H groups in total. The van der Waals surface area contributed by atoms with Crippen molar-refractivity contribution >= 4 is 11.7 Å². The third-order valence-electron chi connectivity index (χ3n) is 2.57. The average molecular weight is 260 g/mol. The van der Waals surface area contributed by atoms with Crippen LogP contribution >= 0.6 is 0 Å². The maximum atomic E-state index is 11.9. The standard InChI is InChI=1S/C14H16N2O3/c1-9-6-10(2)8-12(7-9)19-11(3)14(17)15-13-4-5-18-16-13/h4-8,11H,1-3H3,(H,15,16,17)/t11-/m0/s1. The quantitative estimate of drug-likeness (QED) is 0.918. The summed E-state index contributed by atoms with van der Waals surface area (Å²) >= 11 is 0. The molecule has 1 aromatic carbocycles. The highest BCUT2D eigenvalue weighted by Crippen LogP contribution is 2.18. The second kappa shape index (κ2) is 5.56. The normalized spacial score (nSPS) is 11.9. The highest BCUT2D eigenvalue weighted by atomic mass is 16.5. The predicted octanol–water partition coefficient (Wildman–Crippen LogP) is 2.70. The number of anilines is 1. The van der Waals surface area contributed by atoms with Crippen LogP contribution in [0.3, 0.4) is 0 Å². The fraction of sp³-hybridized carbons (Fsp3) is 0.286. The number of nitrogens with zero attached hydrogens (tertiary/aromatic N) is 1. The molecule has 0 saturated carbocycles. The molecule has 2 rings (SSSR count). The molecule has 5 heteroatoms. The van der Waals surface area contributed by atoms with Crippen molar-refractivity contribution in [1.29, 1.82) is 0 Å². The van der Waals surface area contributed by atoms with Gasteiger partial charge in [0, 0.05) is 6.07 Å². The number of aryl methyl sites for hydroxylation is 2. The first-order valence-corrected chi connectivity index (χ1v) is 6.01. The van der Waals surface area contributed by atoms with E-state index in [0.717, 1.165) is 11.1 Å². The first-order chi connectivity index (χ1) is 9.04. The number of hydrogen-bond acceptors (Lipinski definition) is 4. The number of ether oxygens (including phenoxy) is 1. The molecule has 0 saturated heterocycles. The minimum absolute atomic E-state index is 0.270. The average Bonchev–Trinajstić information content (AvgIpc) is 2.80. The summed E-state index contributed by atoms with van der Waals surface area (Å²) in [6.45, 7) is 5.66. The molecule has 0 radical (unpaired) electrons. The van der Waals surface area contributed by atoms with Gasteiger partial charge in [-0.2, -0.15) is 0 Å². The third kappa shape index (κ3) is 3.58. The first-order valence-electron chi connectivity index (χ1n) is 6.01. The van der Waals surface area contributed by atoms with Crippen LogP contribution in [0.2, 0.25) is 0 Å². The van der Waals surface area contributed by atoms with E-state index in [-0.39, 0.29) is 5.91 Å². The summed E-state index contributed by atoms with van der Waals surface area (Å²) in [7, 11) is 0. The van der Waals surface area contributed by atoms with Crippen LogP contribution in [0.4, 0.5) is 5.82 Å². The molecule has 1 atom stereocenters. The number of benzene rings is 1. The summed E-state index contributed by atoms with van der Waals surface area (Å²) in [4.78, 5) is 11.9. The zero-order chi connectivity index (χ0) is 13.8. The van der Waals surface area contributed by atoms with Crippen molar-refractivity contribution in [2.45, 2.75) is 26.9 Å². The van der Waals surface area contributed by atoms with Crippen LogP contribution in [0.25, 0.3) is 0 Å². The van der Waals surface area contributed by atoms with E-state index in [9.17, 15) is 4.79 Å². The molecule has 0 bridgehead atoms. The van der Waals surface area contributed by atoms with Gasteiger partial charge >= 0.3 is 0 Å². The molecule has 0 aliphatic heterocycles. The maximum Gasteiger partial charge on any atom is 0.266 e. The smallest absolute Gasteiger partial charge is 0.266 e. The van der Waals surface area contributed by atoms with Crippen LogP contribution in [0.1, 0.15) is 18.1 Å². The highest BCUT2D eigenvalue weighted by Gasteiger charge is 2.16. The fourth-order valence-corrected chi connectivity index (χ4v) is 1.76. The minimum Gasteiger partial charge on any atom is -0.481 e. The summed E-state index contributed by atoms with van der Waals surface area (Å²) in [5, 5.41) is 6.21. The van der Waals surface area contributed by atoms with E-state index in [2.05, 4.69) is 15.0 Å². The van der Waals surface area contributed by atoms with Crippen molar-refractivity contribution in [2.75, 3.05) is 5.32 Å². The SMILES string of the molecule is Cc1cc(C)cc(O[C@@H](C)C(=O)Nc2ccon2)c1. The molecule has 5 nitrogen and oxygen atoms in total. The number of carbonyl (C=O) groups is 1. The molecule has 1 aromatic heterocycles. The van der Waals surface area contributed by atoms with E-state index in [1.165, 1.54) is 6.26 Å². The topological polar surface area (TPSA) is 64.4 Å². The lowest BCUT2D eigenvalue weighted by molar-refractivity contribution is -0.122. The van der Waals surface area contributed by atoms with Crippen molar-refractivity contribution in [3.63, 3.8) is 0 Å². The van der Waals surface area contributed by atoms with E-state index in [1.54, 1.807) is 13.0 Å². The van der Waals surface area contributed by atoms with Gasteiger partial charge in [-0.25, -0.2) is 0 Å². The minimum atomic E-state index is -0.613. The second-order valence-corrected chi connectivity index (χ2v) is 4.46. The lowest BCUT2D eigenvalue weighted by atomic mass is 10.1. The number of carbonyl (C=O) groups excluding carboxylic acids is 1. The van der Waals surface area contributed by atoms with Gasteiger partial charge in [0.15, 0.2) is 11.9 Å². The lowest BCUT2D eigenvalue weighted by Gasteiger charge is -2.14. The zero-order valence-corrected chi connectivity index (χ0v) is 11.1. The molecule has 19 heavy (non-hydrogen) atoms. The molecule has 100 valence electrons. The Morgan fingerprint density at radius 2 is 2.00 bits per heavy atom. The van der Waals surface area contributed by atoms with Crippen molar-refractivity contribution in [2.24, 2.45) is 0 Å². The lowest BCUT2D eigenvalue weighted by Crippen LogP contribution is -2.30. The van der Waals surface area contributed by atoms with Gasteiger partial charge in [-0.3, -0.25) is 4.79 Å². The summed E-state index contributed by atoms with van der Waals surface area (Å²) in [6.07, 6.45) is 0.781. The van der Waals surface area contributed by atoms with Gasteiger partial charge in [0.2, 0.25) is 0 Å². The number of hydrogen-bond donors (Lipinski definition) is 1. The van der Waals surface area contributed by atoms with Gasteiger partial charge in [0.1, 0.15) is 12.0 Å². The maximum absolute atomic E-state index is 11.9. The van der Waals surface area contributed by atoms with Gasteiger partial charge in [-0.15, -0.1) is 0 Å². The Hall–Kier alpha value is -2.30. The summed E-state index contributed by atoms with van der Waals surface area (Å²) < 4.78 is 10.3. The Morgan fingerprint density at radius 3 is 2.58 bits per heavy atom. The Kier molecular flexibility index (Phi) is 3.85. The fourth-order valence-electron chi connectivity index (χ4n) is 1.76. The van der Waals surface area contributed by atoms with Crippen molar-refractivity contribution in [3.05, 3.63) is 41.7 Å². The first kappa shape index (κ1) is 13.1. The molecule has 0 aliphatic carbocycles. The van der Waals surface area contributed by atoms with Crippen LogP contribution in [0.15, 0.2) is 35.1 Å². The Morgan fingerprint density at radius 1 is 1.32 bits per heavy atom. The summed E-state index contributed by atoms with van der Waals surface area (Å²) in [5.74, 6) is 0.786. The Balaban J connectivity index is 2.00. The number of nitrogens with one attached hydrogen (secondary N) is 1. The van der Waals surface area contributed by atoms with E-state index < -0.39 is 6.10 Å². The summed E-state index contributed by atoms with van der Waals surface area (Å²) in [6, 6.07) is 7.41. The van der Waals surface area contributed by atoms with Crippen LogP contribution in [-0.4, -0.2) is 17.2 Å². The molecule has 0 aliphatic rings. The zero-order valence-electron chi connectivity index (χ0n) is 11.1. The van der Waals surface area contributed by atoms with Gasteiger partial charge in [0.05, 0.1) is 0 Å². The molecular formula is C14H16N2O3. The predicted molar refractivity (Wildman–Crippen MR) is 71.1 cm³/mol. The molecule has 0 unspecified atom stereocenters. The molecule has 1 amide bonds. The number of aromatic nitrogens is 1.